The molecule has 1 unspecified atom stereocenters. The highest BCUT2D eigenvalue weighted by molar-refractivity contribution is 5.79. The van der Waals surface area contributed by atoms with Crippen molar-refractivity contribution in [3.05, 3.63) is 35.4 Å². The van der Waals surface area contributed by atoms with Gasteiger partial charge in [0.2, 0.25) is 0 Å². The van der Waals surface area contributed by atoms with Crippen LogP contribution in [-0.2, 0) is 17.8 Å². The summed E-state index contributed by atoms with van der Waals surface area (Å²) in [5, 5.41) is 17.5. The standard InChI is InChI=1S/C25H43N5O2/c1-4-26-24(28-19-25(3,31)20-30-12-14-32-15-13-30)27-17-22-6-5-7-23(16-22)18-29-10-8-21(2)9-11-29/h5-7,16,21,31H,4,8-15,17-20H2,1-3H3,(H2,26,27,28). The summed E-state index contributed by atoms with van der Waals surface area (Å²) in [6.45, 7) is 15.4. The quantitative estimate of drug-likeness (QED) is 0.399. The van der Waals surface area contributed by atoms with E-state index in [-0.39, 0.29) is 0 Å². The molecule has 0 radical (unpaired) electrons. The van der Waals surface area contributed by atoms with Crippen molar-refractivity contribution in [3.8, 4) is 0 Å². The second-order valence-electron chi connectivity index (χ2n) is 9.71. The van der Waals surface area contributed by atoms with Crippen LogP contribution in [0.1, 0.15) is 44.7 Å². The Morgan fingerprint density at radius 1 is 1.12 bits per heavy atom. The molecule has 2 heterocycles. The second-order valence-corrected chi connectivity index (χ2v) is 9.71. The topological polar surface area (TPSA) is 72.4 Å². The first-order valence-electron chi connectivity index (χ1n) is 12.3. The SMILES string of the molecule is CCNC(=NCc1cccc(CN2CCC(C)CC2)c1)NCC(C)(O)CN1CCOCC1. The molecule has 32 heavy (non-hydrogen) atoms. The first-order chi connectivity index (χ1) is 15.4. The summed E-state index contributed by atoms with van der Waals surface area (Å²) < 4.78 is 5.40. The fourth-order valence-corrected chi connectivity index (χ4v) is 4.39. The summed E-state index contributed by atoms with van der Waals surface area (Å²) in [5.41, 5.74) is 1.74. The maximum atomic E-state index is 10.8. The third-order valence-corrected chi connectivity index (χ3v) is 6.34. The fourth-order valence-electron chi connectivity index (χ4n) is 4.39. The van der Waals surface area contributed by atoms with E-state index in [0.29, 0.717) is 19.6 Å². The molecule has 2 saturated heterocycles. The van der Waals surface area contributed by atoms with E-state index in [4.69, 9.17) is 9.73 Å². The molecular formula is C25H43N5O2. The third-order valence-electron chi connectivity index (χ3n) is 6.34. The number of benzene rings is 1. The largest absolute Gasteiger partial charge is 0.387 e. The number of nitrogens with zero attached hydrogens (tertiary/aromatic N) is 3. The number of likely N-dealkylation sites (tertiary alicyclic amines) is 1. The Bertz CT molecular complexity index is 710. The van der Waals surface area contributed by atoms with Gasteiger partial charge in [0.1, 0.15) is 0 Å². The summed E-state index contributed by atoms with van der Waals surface area (Å²) in [6, 6.07) is 8.78. The number of hydrogen-bond acceptors (Lipinski definition) is 5. The molecule has 0 bridgehead atoms. The molecule has 3 rings (SSSR count). The van der Waals surface area contributed by atoms with Crippen LogP contribution in [0.5, 0.6) is 0 Å². The molecule has 0 aliphatic carbocycles. The highest BCUT2D eigenvalue weighted by atomic mass is 16.5. The molecule has 0 spiro atoms. The van der Waals surface area contributed by atoms with Crippen LogP contribution in [0.15, 0.2) is 29.3 Å². The van der Waals surface area contributed by atoms with E-state index >= 15 is 0 Å². The minimum absolute atomic E-state index is 0.448. The molecule has 1 aromatic carbocycles. The molecule has 7 nitrogen and oxygen atoms in total. The average molecular weight is 446 g/mol. The van der Waals surface area contributed by atoms with Gasteiger partial charge in [-0.2, -0.15) is 0 Å². The van der Waals surface area contributed by atoms with Crippen LogP contribution >= 0.6 is 0 Å². The lowest BCUT2D eigenvalue weighted by atomic mass is 9.98. The average Bonchev–Trinajstić information content (AvgIpc) is 2.78. The molecule has 0 saturated carbocycles. The van der Waals surface area contributed by atoms with E-state index in [0.717, 1.165) is 51.3 Å². The van der Waals surface area contributed by atoms with Gasteiger partial charge in [-0.05, 0) is 56.8 Å². The highest BCUT2D eigenvalue weighted by Crippen LogP contribution is 2.18. The zero-order valence-corrected chi connectivity index (χ0v) is 20.3. The van der Waals surface area contributed by atoms with Crippen molar-refractivity contribution in [2.24, 2.45) is 10.9 Å². The maximum Gasteiger partial charge on any atom is 0.191 e. The van der Waals surface area contributed by atoms with Crippen molar-refractivity contribution >= 4 is 5.96 Å². The van der Waals surface area contributed by atoms with Crippen LogP contribution in [0.4, 0.5) is 0 Å². The predicted molar refractivity (Wildman–Crippen MR) is 131 cm³/mol. The Morgan fingerprint density at radius 3 is 2.56 bits per heavy atom. The van der Waals surface area contributed by atoms with Gasteiger partial charge in [0.15, 0.2) is 5.96 Å². The number of hydrogen-bond donors (Lipinski definition) is 3. The minimum atomic E-state index is -0.834. The molecule has 0 aromatic heterocycles. The number of guanidine groups is 1. The number of aliphatic hydroxyl groups is 1. The molecule has 2 aliphatic rings. The summed E-state index contributed by atoms with van der Waals surface area (Å²) in [5.74, 6) is 1.60. The summed E-state index contributed by atoms with van der Waals surface area (Å²) in [7, 11) is 0. The first-order valence-corrected chi connectivity index (χ1v) is 12.3. The van der Waals surface area contributed by atoms with Crippen molar-refractivity contribution in [1.82, 2.24) is 20.4 Å². The van der Waals surface area contributed by atoms with Gasteiger partial charge >= 0.3 is 0 Å². The number of morpholine rings is 1. The Labute approximate surface area is 194 Å². The Balaban J connectivity index is 1.51. The van der Waals surface area contributed by atoms with Gasteiger partial charge in [-0.3, -0.25) is 9.80 Å². The summed E-state index contributed by atoms with van der Waals surface area (Å²) >= 11 is 0. The normalized spacial score (nSPS) is 21.3. The predicted octanol–water partition coefficient (Wildman–Crippen LogP) is 2.06. The molecule has 1 atom stereocenters. The molecule has 180 valence electrons. The zero-order valence-electron chi connectivity index (χ0n) is 20.3. The minimum Gasteiger partial charge on any atom is -0.387 e. The molecule has 2 aliphatic heterocycles. The van der Waals surface area contributed by atoms with Gasteiger partial charge in [0, 0.05) is 39.3 Å². The van der Waals surface area contributed by atoms with E-state index in [1.54, 1.807) is 0 Å². The zero-order chi connectivity index (χ0) is 22.8. The number of β-amino-alcohol motifs (C(OH)–C–C–N with tert-alkyl or cyclic N) is 1. The van der Waals surface area contributed by atoms with Crippen molar-refractivity contribution in [2.75, 3.05) is 59.0 Å². The van der Waals surface area contributed by atoms with Crippen LogP contribution < -0.4 is 10.6 Å². The van der Waals surface area contributed by atoms with Gasteiger partial charge in [0.25, 0.3) is 0 Å². The second kappa shape index (κ2) is 12.5. The number of aliphatic imine (C=N–C) groups is 1. The maximum absolute atomic E-state index is 10.8. The molecule has 0 amide bonds. The van der Waals surface area contributed by atoms with Crippen LogP contribution in [-0.4, -0.2) is 85.5 Å². The van der Waals surface area contributed by atoms with Crippen molar-refractivity contribution in [3.63, 3.8) is 0 Å². The highest BCUT2D eigenvalue weighted by Gasteiger charge is 2.25. The van der Waals surface area contributed by atoms with E-state index < -0.39 is 5.60 Å². The number of ether oxygens (including phenoxy) is 1. The number of piperidine rings is 1. The van der Waals surface area contributed by atoms with Crippen molar-refractivity contribution in [1.29, 1.82) is 0 Å². The Kier molecular flexibility index (Phi) is 9.78. The van der Waals surface area contributed by atoms with E-state index in [2.05, 4.69) is 58.5 Å². The number of nitrogens with one attached hydrogen (secondary N) is 2. The van der Waals surface area contributed by atoms with E-state index in [1.165, 1.54) is 37.1 Å². The van der Waals surface area contributed by atoms with Gasteiger partial charge in [-0.15, -0.1) is 0 Å². The van der Waals surface area contributed by atoms with Crippen molar-refractivity contribution in [2.45, 2.75) is 52.3 Å². The summed E-state index contributed by atoms with van der Waals surface area (Å²) in [6.07, 6.45) is 2.61. The molecule has 1 aromatic rings. The van der Waals surface area contributed by atoms with Crippen LogP contribution in [0, 0.1) is 5.92 Å². The Hall–Kier alpha value is -1.67. The molecule has 7 heteroatoms. The van der Waals surface area contributed by atoms with Gasteiger partial charge in [0.05, 0.1) is 25.4 Å². The molecule has 2 fully saturated rings. The lowest BCUT2D eigenvalue weighted by Crippen LogP contribution is -2.52. The first kappa shape index (κ1) is 25.0. The number of rotatable bonds is 9. The van der Waals surface area contributed by atoms with Gasteiger partial charge < -0.3 is 20.5 Å². The Morgan fingerprint density at radius 2 is 1.84 bits per heavy atom. The van der Waals surface area contributed by atoms with Crippen LogP contribution in [0.2, 0.25) is 0 Å². The molecular weight excluding hydrogens is 402 g/mol. The monoisotopic (exact) mass is 445 g/mol. The summed E-state index contributed by atoms with van der Waals surface area (Å²) in [4.78, 5) is 9.58. The van der Waals surface area contributed by atoms with Gasteiger partial charge in [-0.1, -0.05) is 31.2 Å². The van der Waals surface area contributed by atoms with Crippen LogP contribution in [0.25, 0.3) is 0 Å². The van der Waals surface area contributed by atoms with E-state index in [1.807, 2.05) is 6.92 Å². The lowest BCUT2D eigenvalue weighted by Gasteiger charge is -2.34. The van der Waals surface area contributed by atoms with Gasteiger partial charge in [-0.25, -0.2) is 4.99 Å². The lowest BCUT2D eigenvalue weighted by molar-refractivity contribution is -0.0201. The molecule has 3 N–H and O–H groups in total. The third kappa shape index (κ3) is 8.70. The smallest absolute Gasteiger partial charge is 0.191 e. The fraction of sp³-hybridized carbons (Fsp3) is 0.720. The van der Waals surface area contributed by atoms with E-state index in [9.17, 15) is 5.11 Å². The van der Waals surface area contributed by atoms with Crippen LogP contribution in [0.3, 0.4) is 0 Å². The van der Waals surface area contributed by atoms with Crippen molar-refractivity contribution < 1.29 is 9.84 Å².